The maximum Gasteiger partial charge on any atom is 0.255 e. The molecular formula is C18H21NO5. The fraction of sp³-hybridized carbons (Fsp3) is 0.389. The first-order valence-corrected chi connectivity index (χ1v) is 7.82. The molecule has 0 fully saturated rings. The number of amides is 1. The molecule has 1 heterocycles. The maximum absolute atomic E-state index is 12.7. The summed E-state index contributed by atoms with van der Waals surface area (Å²) in [6.07, 6.45) is 3.61. The number of nitrogens with one attached hydrogen (secondary N) is 1. The number of rotatable bonds is 5. The van der Waals surface area contributed by atoms with Crippen molar-refractivity contribution >= 4 is 11.6 Å². The van der Waals surface area contributed by atoms with Gasteiger partial charge in [-0.25, -0.2) is 0 Å². The van der Waals surface area contributed by atoms with Gasteiger partial charge in [0.2, 0.25) is 6.29 Å². The van der Waals surface area contributed by atoms with E-state index < -0.39 is 6.29 Å². The topological polar surface area (TPSA) is 77.0 Å². The molecule has 2 aliphatic rings. The molecule has 1 aliphatic carbocycles. The number of carbonyl (C=O) groups is 1. The van der Waals surface area contributed by atoms with E-state index >= 15 is 0 Å². The minimum atomic E-state index is -0.487. The van der Waals surface area contributed by atoms with Crippen LogP contribution < -0.4 is 10.1 Å². The van der Waals surface area contributed by atoms with Crippen LogP contribution in [0.15, 0.2) is 47.7 Å². The van der Waals surface area contributed by atoms with E-state index in [1.807, 2.05) is 18.2 Å². The Morgan fingerprint density at radius 1 is 1.38 bits per heavy atom. The molecule has 0 aromatic heterocycles. The Balaban J connectivity index is 1.82. The summed E-state index contributed by atoms with van der Waals surface area (Å²) in [5, 5.41) is 12.4. The molecule has 3 rings (SSSR count). The first kappa shape index (κ1) is 16.5. The molecular weight excluding hydrogens is 310 g/mol. The van der Waals surface area contributed by atoms with Crippen LogP contribution in [0.1, 0.15) is 6.42 Å². The van der Waals surface area contributed by atoms with E-state index in [1.54, 1.807) is 26.4 Å². The Morgan fingerprint density at radius 2 is 2.17 bits per heavy atom. The van der Waals surface area contributed by atoms with Gasteiger partial charge in [0.05, 0.1) is 37.2 Å². The third kappa shape index (κ3) is 2.90. The Bertz CT molecular complexity index is 682. The number of allylic oxidation sites excluding steroid dienone is 1. The zero-order valence-corrected chi connectivity index (χ0v) is 13.7. The molecule has 0 spiro atoms. The Morgan fingerprint density at radius 3 is 2.88 bits per heavy atom. The number of methoxy groups -OCH3 is 2. The van der Waals surface area contributed by atoms with Gasteiger partial charge in [0.1, 0.15) is 5.75 Å². The summed E-state index contributed by atoms with van der Waals surface area (Å²) >= 11 is 0. The average Bonchev–Trinajstić information content (AvgIpc) is 3.05. The van der Waals surface area contributed by atoms with Crippen LogP contribution in [0.2, 0.25) is 0 Å². The molecule has 0 radical (unpaired) electrons. The zero-order chi connectivity index (χ0) is 17.1. The molecule has 128 valence electrons. The molecule has 1 amide bonds. The Labute approximate surface area is 140 Å². The quantitative estimate of drug-likeness (QED) is 0.808. The predicted molar refractivity (Wildman–Crippen MR) is 88.4 cm³/mol. The minimum Gasteiger partial charge on any atom is -0.495 e. The highest BCUT2D eigenvalue weighted by Gasteiger charge is 2.43. The third-order valence-corrected chi connectivity index (χ3v) is 4.55. The maximum atomic E-state index is 12.7. The molecule has 3 atom stereocenters. The fourth-order valence-corrected chi connectivity index (χ4v) is 3.35. The molecule has 1 aromatic rings. The van der Waals surface area contributed by atoms with Crippen LogP contribution in [-0.2, 0) is 14.3 Å². The van der Waals surface area contributed by atoms with Gasteiger partial charge in [0, 0.05) is 13.0 Å². The second-order valence-corrected chi connectivity index (χ2v) is 5.77. The van der Waals surface area contributed by atoms with Crippen molar-refractivity contribution in [1.29, 1.82) is 0 Å². The van der Waals surface area contributed by atoms with E-state index in [0.29, 0.717) is 23.4 Å². The van der Waals surface area contributed by atoms with Crippen molar-refractivity contribution in [3.63, 3.8) is 0 Å². The summed E-state index contributed by atoms with van der Waals surface area (Å²) in [4.78, 5) is 12.7. The number of anilines is 1. The van der Waals surface area contributed by atoms with E-state index in [2.05, 4.69) is 5.32 Å². The van der Waals surface area contributed by atoms with Gasteiger partial charge in [-0.2, -0.15) is 0 Å². The SMILES string of the molecule is COc1ccccc1NC(=O)C1=COC(OC)C2C(CO)=CCC12. The third-order valence-electron chi connectivity index (χ3n) is 4.55. The highest BCUT2D eigenvalue weighted by atomic mass is 16.7. The first-order valence-electron chi connectivity index (χ1n) is 7.82. The summed E-state index contributed by atoms with van der Waals surface area (Å²) in [6, 6.07) is 7.23. The molecule has 2 N–H and O–H groups in total. The molecule has 0 saturated heterocycles. The van der Waals surface area contributed by atoms with Crippen LogP contribution in [0, 0.1) is 11.8 Å². The lowest BCUT2D eigenvalue weighted by molar-refractivity contribution is -0.134. The predicted octanol–water partition coefficient (Wildman–Crippen LogP) is 2.08. The number of aliphatic hydroxyl groups excluding tert-OH is 1. The van der Waals surface area contributed by atoms with Gasteiger partial charge in [0.25, 0.3) is 5.91 Å². The van der Waals surface area contributed by atoms with Crippen LogP contribution in [-0.4, -0.2) is 38.1 Å². The second kappa shape index (κ2) is 7.07. The van der Waals surface area contributed by atoms with Crippen molar-refractivity contribution in [1.82, 2.24) is 0 Å². The van der Waals surface area contributed by atoms with Crippen molar-refractivity contribution in [2.45, 2.75) is 12.7 Å². The first-order chi connectivity index (χ1) is 11.7. The Kier molecular flexibility index (Phi) is 4.87. The smallest absolute Gasteiger partial charge is 0.255 e. The lowest BCUT2D eigenvalue weighted by Crippen LogP contribution is -2.37. The normalized spacial score (nSPS) is 25.2. The van der Waals surface area contributed by atoms with Gasteiger partial charge in [-0.15, -0.1) is 0 Å². The van der Waals surface area contributed by atoms with Crippen LogP contribution in [0.5, 0.6) is 5.75 Å². The molecule has 3 unspecified atom stereocenters. The molecule has 24 heavy (non-hydrogen) atoms. The highest BCUT2D eigenvalue weighted by molar-refractivity contribution is 6.05. The summed E-state index contributed by atoms with van der Waals surface area (Å²) in [7, 11) is 3.12. The fourth-order valence-electron chi connectivity index (χ4n) is 3.35. The lowest BCUT2D eigenvalue weighted by Gasteiger charge is -2.34. The summed E-state index contributed by atoms with van der Waals surface area (Å²) in [6.45, 7) is -0.0637. The van der Waals surface area contributed by atoms with Gasteiger partial charge >= 0.3 is 0 Å². The number of ether oxygens (including phenoxy) is 3. The van der Waals surface area contributed by atoms with Crippen LogP contribution in [0.3, 0.4) is 0 Å². The van der Waals surface area contributed by atoms with Crippen molar-refractivity contribution in [3.05, 3.63) is 47.7 Å². The lowest BCUT2D eigenvalue weighted by atomic mass is 9.83. The highest BCUT2D eigenvalue weighted by Crippen LogP contribution is 2.43. The summed E-state index contributed by atoms with van der Waals surface area (Å²) in [5.41, 5.74) is 1.99. The monoisotopic (exact) mass is 331 g/mol. The number of hydrogen-bond donors (Lipinski definition) is 2. The van der Waals surface area contributed by atoms with E-state index in [0.717, 1.165) is 5.57 Å². The zero-order valence-electron chi connectivity index (χ0n) is 13.7. The van der Waals surface area contributed by atoms with E-state index in [-0.39, 0.29) is 24.3 Å². The van der Waals surface area contributed by atoms with E-state index in [9.17, 15) is 9.90 Å². The van der Waals surface area contributed by atoms with Gasteiger partial charge in [-0.3, -0.25) is 4.79 Å². The van der Waals surface area contributed by atoms with Crippen LogP contribution >= 0.6 is 0 Å². The summed E-state index contributed by atoms with van der Waals surface area (Å²) < 4.78 is 16.2. The van der Waals surface area contributed by atoms with E-state index in [4.69, 9.17) is 14.2 Å². The van der Waals surface area contributed by atoms with Gasteiger partial charge in [0.15, 0.2) is 0 Å². The average molecular weight is 331 g/mol. The number of benzene rings is 1. The molecule has 1 aromatic carbocycles. The van der Waals surface area contributed by atoms with Crippen molar-refractivity contribution in [2.75, 3.05) is 26.1 Å². The van der Waals surface area contributed by atoms with Gasteiger partial charge < -0.3 is 24.6 Å². The summed E-state index contributed by atoms with van der Waals surface area (Å²) in [5.74, 6) is 0.135. The largest absolute Gasteiger partial charge is 0.495 e. The number of para-hydroxylation sites is 2. The van der Waals surface area contributed by atoms with Gasteiger partial charge in [-0.1, -0.05) is 18.2 Å². The molecule has 6 nitrogen and oxygen atoms in total. The van der Waals surface area contributed by atoms with Crippen molar-refractivity contribution < 1.29 is 24.1 Å². The van der Waals surface area contributed by atoms with Gasteiger partial charge in [-0.05, 0) is 24.1 Å². The van der Waals surface area contributed by atoms with Crippen molar-refractivity contribution in [3.8, 4) is 5.75 Å². The second-order valence-electron chi connectivity index (χ2n) is 5.77. The minimum absolute atomic E-state index is 0.0637. The number of carbonyl (C=O) groups excluding carboxylic acids is 1. The number of fused-ring (bicyclic) bond motifs is 1. The number of hydrogen-bond acceptors (Lipinski definition) is 5. The standard InChI is InChI=1S/C18H21NO5/c1-22-15-6-4-3-5-14(15)19-17(21)13-10-24-18(23-2)16-11(9-20)7-8-12(13)16/h3-7,10,12,16,18,20H,8-9H2,1-2H3,(H,19,21). The van der Waals surface area contributed by atoms with E-state index in [1.165, 1.54) is 6.26 Å². The van der Waals surface area contributed by atoms with Crippen LogP contribution in [0.25, 0.3) is 0 Å². The number of aliphatic hydroxyl groups is 1. The molecule has 6 heteroatoms. The van der Waals surface area contributed by atoms with Crippen molar-refractivity contribution in [2.24, 2.45) is 11.8 Å². The Hall–Kier alpha value is -2.31. The molecule has 0 saturated carbocycles. The molecule has 0 bridgehead atoms. The molecule has 1 aliphatic heterocycles. The van der Waals surface area contributed by atoms with Crippen LogP contribution in [0.4, 0.5) is 5.69 Å².